The van der Waals surface area contributed by atoms with Crippen LogP contribution in [-0.2, 0) is 9.59 Å². The summed E-state index contributed by atoms with van der Waals surface area (Å²) < 4.78 is 13.7. The molecule has 0 radical (unpaired) electrons. The molecule has 4 amide bonds. The number of hydrogen-bond acceptors (Lipinski definition) is 3. The Morgan fingerprint density at radius 1 is 0.967 bits per heavy atom. The predicted octanol–water partition coefficient (Wildman–Crippen LogP) is 3.30. The molecule has 0 aliphatic carbocycles. The summed E-state index contributed by atoms with van der Waals surface area (Å²) >= 11 is 0. The number of halogens is 1. The van der Waals surface area contributed by atoms with E-state index in [0.29, 0.717) is 37.2 Å². The van der Waals surface area contributed by atoms with Crippen molar-refractivity contribution in [1.29, 1.82) is 0 Å². The van der Waals surface area contributed by atoms with Crippen molar-refractivity contribution in [2.24, 2.45) is 0 Å². The zero-order chi connectivity index (χ0) is 21.1. The molecule has 0 N–H and O–H groups in total. The highest BCUT2D eigenvalue weighted by Crippen LogP contribution is 2.26. The standard InChI is InChI=1S/C23H22FN3O3/c24-20-9-5-4-6-17(20)10-11-21(28)25-14-12-18(13-15-25)26-16-22(29)27(23(26)30)19-7-2-1-3-8-19/h1-11,18H,12-16H2/b11-10+. The summed E-state index contributed by atoms with van der Waals surface area (Å²) in [6.45, 7) is 1.02. The average molecular weight is 407 g/mol. The fraction of sp³-hybridized carbons (Fsp3) is 0.261. The van der Waals surface area contributed by atoms with Gasteiger partial charge in [0.2, 0.25) is 5.91 Å². The average Bonchev–Trinajstić information content (AvgIpc) is 3.07. The number of imide groups is 1. The molecule has 0 bridgehead atoms. The number of piperidine rings is 1. The zero-order valence-electron chi connectivity index (χ0n) is 16.4. The normalized spacial score (nSPS) is 18.0. The number of nitrogens with zero attached hydrogens (tertiary/aromatic N) is 3. The molecule has 0 atom stereocenters. The SMILES string of the molecule is O=C(/C=C/c1ccccc1F)N1CCC(N2CC(=O)N(c3ccccc3)C2=O)CC1. The Bertz CT molecular complexity index is 984. The molecule has 0 aromatic heterocycles. The topological polar surface area (TPSA) is 60.9 Å². The van der Waals surface area contributed by atoms with Gasteiger partial charge in [-0.3, -0.25) is 9.59 Å². The monoisotopic (exact) mass is 407 g/mol. The zero-order valence-corrected chi connectivity index (χ0v) is 16.4. The van der Waals surface area contributed by atoms with Gasteiger partial charge in [0.25, 0.3) is 5.91 Å². The Morgan fingerprint density at radius 2 is 1.63 bits per heavy atom. The molecule has 2 aliphatic rings. The predicted molar refractivity (Wildman–Crippen MR) is 111 cm³/mol. The third-order valence-electron chi connectivity index (χ3n) is 5.53. The van der Waals surface area contributed by atoms with Crippen molar-refractivity contribution < 1.29 is 18.8 Å². The first-order chi connectivity index (χ1) is 14.5. The van der Waals surface area contributed by atoms with Gasteiger partial charge in [-0.1, -0.05) is 36.4 Å². The molecule has 0 saturated carbocycles. The fourth-order valence-electron chi connectivity index (χ4n) is 3.91. The van der Waals surface area contributed by atoms with Gasteiger partial charge < -0.3 is 9.80 Å². The minimum atomic E-state index is -0.375. The van der Waals surface area contributed by atoms with Crippen LogP contribution in [0.4, 0.5) is 14.9 Å². The summed E-state index contributed by atoms with van der Waals surface area (Å²) in [4.78, 5) is 42.2. The highest BCUT2D eigenvalue weighted by Gasteiger charge is 2.41. The third kappa shape index (κ3) is 3.96. The molecule has 2 aromatic rings. The number of likely N-dealkylation sites (tertiary alicyclic amines) is 1. The number of anilines is 1. The molecule has 2 fully saturated rings. The molecule has 4 rings (SSSR count). The summed E-state index contributed by atoms with van der Waals surface area (Å²) in [6.07, 6.45) is 4.05. The summed E-state index contributed by atoms with van der Waals surface area (Å²) in [6, 6.07) is 14.8. The first-order valence-corrected chi connectivity index (χ1v) is 9.95. The maximum absolute atomic E-state index is 13.7. The van der Waals surface area contributed by atoms with Gasteiger partial charge in [0, 0.05) is 30.8 Å². The van der Waals surface area contributed by atoms with Crippen molar-refractivity contribution in [1.82, 2.24) is 9.80 Å². The van der Waals surface area contributed by atoms with Gasteiger partial charge in [0.05, 0.1) is 5.69 Å². The summed E-state index contributed by atoms with van der Waals surface area (Å²) in [5.41, 5.74) is 0.934. The summed E-state index contributed by atoms with van der Waals surface area (Å²) in [5.74, 6) is -0.801. The lowest BCUT2D eigenvalue weighted by Crippen LogP contribution is -2.47. The van der Waals surface area contributed by atoms with Crippen molar-refractivity contribution in [3.05, 3.63) is 72.1 Å². The van der Waals surface area contributed by atoms with Crippen LogP contribution in [0.2, 0.25) is 0 Å². The van der Waals surface area contributed by atoms with E-state index in [9.17, 15) is 18.8 Å². The van der Waals surface area contributed by atoms with Gasteiger partial charge >= 0.3 is 6.03 Å². The highest BCUT2D eigenvalue weighted by atomic mass is 19.1. The van der Waals surface area contributed by atoms with E-state index in [1.165, 1.54) is 23.1 Å². The second kappa shape index (κ2) is 8.49. The minimum Gasteiger partial charge on any atom is -0.339 e. The maximum Gasteiger partial charge on any atom is 0.332 e. The molecule has 2 aromatic carbocycles. The molecule has 2 aliphatic heterocycles. The number of amides is 4. The minimum absolute atomic E-state index is 0.0551. The first kappa shape index (κ1) is 19.8. The Balaban J connectivity index is 1.35. The van der Waals surface area contributed by atoms with E-state index >= 15 is 0 Å². The van der Waals surface area contributed by atoms with E-state index < -0.39 is 0 Å². The van der Waals surface area contributed by atoms with Gasteiger partial charge in [-0.15, -0.1) is 0 Å². The Kier molecular flexibility index (Phi) is 5.61. The smallest absolute Gasteiger partial charge is 0.332 e. The maximum atomic E-state index is 13.7. The summed E-state index contributed by atoms with van der Waals surface area (Å²) in [7, 11) is 0. The second-order valence-corrected chi connectivity index (χ2v) is 7.39. The largest absolute Gasteiger partial charge is 0.339 e. The number of benzene rings is 2. The lowest BCUT2D eigenvalue weighted by molar-refractivity contribution is -0.127. The van der Waals surface area contributed by atoms with Crippen molar-refractivity contribution >= 4 is 29.6 Å². The molecule has 30 heavy (non-hydrogen) atoms. The van der Waals surface area contributed by atoms with Crippen LogP contribution in [0.5, 0.6) is 0 Å². The number of carbonyl (C=O) groups excluding carboxylic acids is 3. The van der Waals surface area contributed by atoms with Crippen molar-refractivity contribution in [2.45, 2.75) is 18.9 Å². The number of rotatable bonds is 4. The van der Waals surface area contributed by atoms with Crippen LogP contribution in [0.1, 0.15) is 18.4 Å². The Hall–Kier alpha value is -3.48. The van der Waals surface area contributed by atoms with E-state index in [2.05, 4.69) is 0 Å². The van der Waals surface area contributed by atoms with Crippen LogP contribution in [0, 0.1) is 5.82 Å². The van der Waals surface area contributed by atoms with E-state index in [1.807, 2.05) is 6.07 Å². The number of para-hydroxylation sites is 1. The Morgan fingerprint density at radius 3 is 2.33 bits per heavy atom. The van der Waals surface area contributed by atoms with Crippen molar-refractivity contribution in [3.8, 4) is 0 Å². The molecule has 2 saturated heterocycles. The van der Waals surface area contributed by atoms with Gasteiger partial charge in [-0.25, -0.2) is 14.1 Å². The van der Waals surface area contributed by atoms with E-state index in [0.717, 1.165) is 0 Å². The van der Waals surface area contributed by atoms with Crippen LogP contribution in [-0.4, -0.2) is 53.3 Å². The second-order valence-electron chi connectivity index (χ2n) is 7.39. The van der Waals surface area contributed by atoms with Gasteiger partial charge in [-0.05, 0) is 37.1 Å². The molecule has 0 spiro atoms. The van der Waals surface area contributed by atoms with Gasteiger partial charge in [0.1, 0.15) is 12.4 Å². The molecule has 0 unspecified atom stereocenters. The molecule has 7 heteroatoms. The van der Waals surface area contributed by atoms with Crippen molar-refractivity contribution in [2.75, 3.05) is 24.5 Å². The van der Waals surface area contributed by atoms with Crippen LogP contribution in [0.3, 0.4) is 0 Å². The third-order valence-corrected chi connectivity index (χ3v) is 5.53. The molecule has 6 nitrogen and oxygen atoms in total. The lowest BCUT2D eigenvalue weighted by atomic mass is 10.0. The fourth-order valence-corrected chi connectivity index (χ4v) is 3.91. The van der Waals surface area contributed by atoms with E-state index in [1.54, 1.807) is 52.3 Å². The van der Waals surface area contributed by atoms with E-state index in [-0.39, 0.29) is 36.2 Å². The summed E-state index contributed by atoms with van der Waals surface area (Å²) in [5, 5.41) is 0. The van der Waals surface area contributed by atoms with Crippen LogP contribution >= 0.6 is 0 Å². The van der Waals surface area contributed by atoms with Crippen LogP contribution in [0.15, 0.2) is 60.7 Å². The molecule has 2 heterocycles. The van der Waals surface area contributed by atoms with Gasteiger partial charge in [0.15, 0.2) is 0 Å². The van der Waals surface area contributed by atoms with E-state index in [4.69, 9.17) is 0 Å². The molecular formula is C23H22FN3O3. The van der Waals surface area contributed by atoms with Gasteiger partial charge in [-0.2, -0.15) is 0 Å². The molecule has 154 valence electrons. The van der Waals surface area contributed by atoms with Crippen molar-refractivity contribution in [3.63, 3.8) is 0 Å². The quantitative estimate of drug-likeness (QED) is 0.577. The van der Waals surface area contributed by atoms with Crippen LogP contribution < -0.4 is 4.90 Å². The molecular weight excluding hydrogens is 385 g/mol. The lowest BCUT2D eigenvalue weighted by Gasteiger charge is -2.35. The highest BCUT2D eigenvalue weighted by molar-refractivity contribution is 6.19. The number of urea groups is 1. The first-order valence-electron chi connectivity index (χ1n) is 9.95. The number of carbonyl (C=O) groups is 3. The van der Waals surface area contributed by atoms with Crippen LogP contribution in [0.25, 0.3) is 6.08 Å². The number of hydrogen-bond donors (Lipinski definition) is 0. The Labute approximate surface area is 174 Å².